The molecule has 0 atom stereocenters. The van der Waals surface area contributed by atoms with Crippen molar-refractivity contribution in [1.29, 1.82) is 0 Å². The molecule has 0 spiro atoms. The lowest BCUT2D eigenvalue weighted by atomic mass is 10.1. The van der Waals surface area contributed by atoms with Crippen molar-refractivity contribution >= 4 is 11.7 Å². The van der Waals surface area contributed by atoms with Crippen LogP contribution in [0.1, 0.15) is 23.9 Å². The van der Waals surface area contributed by atoms with E-state index >= 15 is 0 Å². The quantitative estimate of drug-likeness (QED) is 0.862. The number of H-pyrrole nitrogens is 1. The topological polar surface area (TPSA) is 70.7 Å². The molecule has 94 valence electrons. The molecular weight excluding hydrogens is 228 g/mol. The van der Waals surface area contributed by atoms with Gasteiger partial charge in [-0.2, -0.15) is 5.10 Å². The summed E-state index contributed by atoms with van der Waals surface area (Å²) >= 11 is 0. The fraction of sp³-hybridized carbons (Fsp3) is 0.308. The lowest BCUT2D eigenvalue weighted by Crippen LogP contribution is -2.16. The maximum absolute atomic E-state index is 11.8. The van der Waals surface area contributed by atoms with Gasteiger partial charge in [0.05, 0.1) is 12.1 Å². The molecule has 2 aromatic heterocycles. The van der Waals surface area contributed by atoms with Gasteiger partial charge < -0.3 is 5.32 Å². The van der Waals surface area contributed by atoms with Gasteiger partial charge in [-0.25, -0.2) is 0 Å². The van der Waals surface area contributed by atoms with Gasteiger partial charge in [-0.15, -0.1) is 0 Å². The number of pyridine rings is 1. The molecule has 5 heteroatoms. The molecule has 0 saturated heterocycles. The highest BCUT2D eigenvalue weighted by atomic mass is 16.1. The highest BCUT2D eigenvalue weighted by Crippen LogP contribution is 2.08. The number of hydrogen-bond acceptors (Lipinski definition) is 3. The average molecular weight is 244 g/mol. The fourth-order valence-corrected chi connectivity index (χ4v) is 1.65. The lowest BCUT2D eigenvalue weighted by Gasteiger charge is -2.03. The fourth-order valence-electron chi connectivity index (χ4n) is 1.65. The summed E-state index contributed by atoms with van der Waals surface area (Å²) in [5.74, 6) is 0.455. The lowest BCUT2D eigenvalue weighted by molar-refractivity contribution is -0.115. The first-order valence-electron chi connectivity index (χ1n) is 5.93. The molecule has 2 rings (SSSR count). The standard InChI is InChI=1S/C13H16N4O/c1-3-10-7-12(17-16-10)15-13(18)8-11-9(2)5-4-6-14-11/h4-7H,3,8H2,1-2H3,(H2,15,16,17,18). The number of nitrogens with zero attached hydrogens (tertiary/aromatic N) is 2. The Hall–Kier alpha value is -2.17. The van der Waals surface area contributed by atoms with Gasteiger partial charge in [0.2, 0.25) is 5.91 Å². The van der Waals surface area contributed by atoms with Crippen molar-refractivity contribution in [1.82, 2.24) is 15.2 Å². The highest BCUT2D eigenvalue weighted by molar-refractivity contribution is 5.91. The average Bonchev–Trinajstić information content (AvgIpc) is 2.80. The van der Waals surface area contributed by atoms with E-state index in [4.69, 9.17) is 0 Å². The van der Waals surface area contributed by atoms with Crippen molar-refractivity contribution in [2.24, 2.45) is 0 Å². The van der Waals surface area contributed by atoms with Crippen LogP contribution >= 0.6 is 0 Å². The summed E-state index contributed by atoms with van der Waals surface area (Å²) in [6.45, 7) is 3.97. The minimum atomic E-state index is -0.106. The van der Waals surface area contributed by atoms with Gasteiger partial charge in [0.15, 0.2) is 5.82 Å². The van der Waals surface area contributed by atoms with Crippen molar-refractivity contribution in [2.75, 3.05) is 5.32 Å². The van der Waals surface area contributed by atoms with Gasteiger partial charge in [0.25, 0.3) is 0 Å². The van der Waals surface area contributed by atoms with Crippen LogP contribution in [0.25, 0.3) is 0 Å². The predicted octanol–water partition coefficient (Wildman–Crippen LogP) is 1.86. The Balaban J connectivity index is 1.99. The zero-order valence-electron chi connectivity index (χ0n) is 10.5. The van der Waals surface area contributed by atoms with Crippen molar-refractivity contribution in [2.45, 2.75) is 26.7 Å². The summed E-state index contributed by atoms with van der Waals surface area (Å²) in [7, 11) is 0. The predicted molar refractivity (Wildman–Crippen MR) is 69.3 cm³/mol. The Labute approximate surface area is 106 Å². The molecule has 18 heavy (non-hydrogen) atoms. The third-order valence-corrected chi connectivity index (χ3v) is 2.73. The first kappa shape index (κ1) is 12.3. The Morgan fingerprint density at radius 1 is 1.50 bits per heavy atom. The van der Waals surface area contributed by atoms with Crippen LogP contribution in [0.2, 0.25) is 0 Å². The van der Waals surface area contributed by atoms with Crippen molar-refractivity contribution in [3.8, 4) is 0 Å². The number of carbonyl (C=O) groups is 1. The number of anilines is 1. The van der Waals surface area contributed by atoms with Crippen LogP contribution in [-0.4, -0.2) is 21.1 Å². The zero-order chi connectivity index (χ0) is 13.0. The first-order valence-corrected chi connectivity index (χ1v) is 5.93. The molecule has 2 heterocycles. The second-order valence-electron chi connectivity index (χ2n) is 4.12. The Morgan fingerprint density at radius 3 is 3.00 bits per heavy atom. The minimum Gasteiger partial charge on any atom is -0.309 e. The van der Waals surface area contributed by atoms with Gasteiger partial charge >= 0.3 is 0 Å². The second kappa shape index (κ2) is 5.44. The molecule has 1 amide bonds. The van der Waals surface area contributed by atoms with Crippen molar-refractivity contribution < 1.29 is 4.79 Å². The van der Waals surface area contributed by atoms with Crippen LogP contribution in [0.3, 0.4) is 0 Å². The molecule has 2 N–H and O–H groups in total. The van der Waals surface area contributed by atoms with Crippen molar-refractivity contribution in [3.05, 3.63) is 41.3 Å². The largest absolute Gasteiger partial charge is 0.309 e. The molecule has 2 aromatic rings. The third-order valence-electron chi connectivity index (χ3n) is 2.73. The minimum absolute atomic E-state index is 0.106. The number of aryl methyl sites for hydroxylation is 2. The Bertz CT molecular complexity index is 547. The normalized spacial score (nSPS) is 10.3. The number of rotatable bonds is 4. The molecule has 0 aromatic carbocycles. The van der Waals surface area contributed by atoms with E-state index in [0.717, 1.165) is 23.4 Å². The molecule has 0 aliphatic carbocycles. The van der Waals surface area contributed by atoms with E-state index in [0.29, 0.717) is 5.82 Å². The van der Waals surface area contributed by atoms with Crippen LogP contribution < -0.4 is 5.32 Å². The van der Waals surface area contributed by atoms with Gasteiger partial charge in [-0.1, -0.05) is 13.0 Å². The van der Waals surface area contributed by atoms with Crippen LogP contribution in [-0.2, 0) is 17.6 Å². The SMILES string of the molecule is CCc1cc(NC(=O)Cc2ncccc2C)n[nH]1. The van der Waals surface area contributed by atoms with Crippen LogP contribution in [0.15, 0.2) is 24.4 Å². The Kier molecular flexibility index (Phi) is 3.72. The maximum atomic E-state index is 11.8. The molecule has 0 aliphatic heterocycles. The number of carbonyl (C=O) groups excluding carboxylic acids is 1. The number of hydrogen-bond donors (Lipinski definition) is 2. The number of aromatic nitrogens is 3. The van der Waals surface area contributed by atoms with Crippen LogP contribution in [0.4, 0.5) is 5.82 Å². The number of amides is 1. The maximum Gasteiger partial charge on any atom is 0.231 e. The van der Waals surface area contributed by atoms with E-state index in [-0.39, 0.29) is 12.3 Å². The summed E-state index contributed by atoms with van der Waals surface area (Å²) in [6, 6.07) is 5.64. The summed E-state index contributed by atoms with van der Waals surface area (Å²) in [6.07, 6.45) is 2.82. The van der Waals surface area contributed by atoms with E-state index in [2.05, 4.69) is 20.5 Å². The van der Waals surface area contributed by atoms with Gasteiger partial charge in [0.1, 0.15) is 0 Å². The second-order valence-corrected chi connectivity index (χ2v) is 4.12. The van der Waals surface area contributed by atoms with Gasteiger partial charge in [-0.3, -0.25) is 14.9 Å². The first-order chi connectivity index (χ1) is 8.69. The highest BCUT2D eigenvalue weighted by Gasteiger charge is 2.08. The molecule has 0 saturated carbocycles. The van der Waals surface area contributed by atoms with Gasteiger partial charge in [0, 0.05) is 18.0 Å². The van der Waals surface area contributed by atoms with Gasteiger partial charge in [-0.05, 0) is 25.0 Å². The molecule has 0 fully saturated rings. The number of nitrogens with one attached hydrogen (secondary N) is 2. The molecule has 0 aliphatic rings. The van der Waals surface area contributed by atoms with E-state index in [1.165, 1.54) is 0 Å². The monoisotopic (exact) mass is 244 g/mol. The molecule has 5 nitrogen and oxygen atoms in total. The van der Waals surface area contributed by atoms with Crippen molar-refractivity contribution in [3.63, 3.8) is 0 Å². The molecule has 0 bridgehead atoms. The Morgan fingerprint density at radius 2 is 2.33 bits per heavy atom. The summed E-state index contributed by atoms with van der Waals surface area (Å²) in [4.78, 5) is 16.0. The van der Waals surface area contributed by atoms with E-state index in [9.17, 15) is 4.79 Å². The zero-order valence-corrected chi connectivity index (χ0v) is 10.5. The summed E-state index contributed by atoms with van der Waals surface area (Å²) < 4.78 is 0. The third kappa shape index (κ3) is 2.94. The van der Waals surface area contributed by atoms with Crippen LogP contribution in [0.5, 0.6) is 0 Å². The molecule has 0 radical (unpaired) electrons. The molecule has 0 unspecified atom stereocenters. The number of aromatic amines is 1. The van der Waals surface area contributed by atoms with Crippen LogP contribution in [0, 0.1) is 6.92 Å². The van der Waals surface area contributed by atoms with E-state index in [1.807, 2.05) is 32.0 Å². The smallest absolute Gasteiger partial charge is 0.231 e. The van der Waals surface area contributed by atoms with E-state index in [1.54, 1.807) is 6.20 Å². The summed E-state index contributed by atoms with van der Waals surface area (Å²) in [5, 5.41) is 9.62. The van der Waals surface area contributed by atoms with E-state index < -0.39 is 0 Å². The molecular formula is C13H16N4O. The summed E-state index contributed by atoms with van der Waals surface area (Å²) in [5.41, 5.74) is 2.81.